The number of piperidine rings is 1. The van der Waals surface area contributed by atoms with Gasteiger partial charge in [0.1, 0.15) is 5.52 Å². The van der Waals surface area contributed by atoms with Crippen molar-refractivity contribution in [3.05, 3.63) is 52.0 Å². The highest BCUT2D eigenvalue weighted by atomic mass is 35.5. The Morgan fingerprint density at radius 3 is 2.50 bits per heavy atom. The third-order valence-corrected chi connectivity index (χ3v) is 8.47. The number of benzene rings is 2. The Morgan fingerprint density at radius 2 is 1.83 bits per heavy atom. The van der Waals surface area contributed by atoms with Crippen LogP contribution in [-0.2, 0) is 10.0 Å². The van der Waals surface area contributed by atoms with Gasteiger partial charge in [0.2, 0.25) is 10.0 Å². The van der Waals surface area contributed by atoms with E-state index < -0.39 is 10.0 Å². The maximum absolute atomic E-state index is 12.8. The zero-order valence-electron chi connectivity index (χ0n) is 16.1. The van der Waals surface area contributed by atoms with Crippen LogP contribution in [0.4, 0.5) is 5.13 Å². The van der Waals surface area contributed by atoms with Crippen LogP contribution in [0.15, 0.2) is 41.3 Å². The fraction of sp³-hybridized carbons (Fsp3) is 0.300. The van der Waals surface area contributed by atoms with Crippen LogP contribution in [0.1, 0.15) is 30.1 Å². The van der Waals surface area contributed by atoms with Crippen LogP contribution in [0.5, 0.6) is 0 Å². The van der Waals surface area contributed by atoms with E-state index in [2.05, 4.69) is 17.2 Å². The summed E-state index contributed by atoms with van der Waals surface area (Å²) < 4.78 is 27.9. The van der Waals surface area contributed by atoms with Crippen molar-refractivity contribution in [2.45, 2.75) is 24.7 Å². The van der Waals surface area contributed by atoms with Crippen molar-refractivity contribution in [3.8, 4) is 0 Å². The van der Waals surface area contributed by atoms with E-state index in [1.54, 1.807) is 12.1 Å². The molecule has 2 heterocycles. The van der Waals surface area contributed by atoms with E-state index in [0.29, 0.717) is 45.3 Å². The maximum atomic E-state index is 12.8. The number of hydrogen-bond donors (Lipinski definition) is 1. The number of carbonyl (C=O) groups excluding carboxylic acids is 1. The summed E-state index contributed by atoms with van der Waals surface area (Å²) in [4.78, 5) is 17.1. The highest BCUT2D eigenvalue weighted by Crippen LogP contribution is 2.34. The van der Waals surface area contributed by atoms with Gasteiger partial charge >= 0.3 is 0 Å². The van der Waals surface area contributed by atoms with E-state index in [1.165, 1.54) is 39.9 Å². The SMILES string of the molecule is CC1CCN(S(=O)(=O)c2ccc(C(=O)Nc3nc4c(Cl)cc(Cl)cc4s3)cc2)CC1. The lowest BCUT2D eigenvalue weighted by atomic mass is 10.0. The summed E-state index contributed by atoms with van der Waals surface area (Å²) in [6, 6.07) is 9.28. The van der Waals surface area contributed by atoms with Gasteiger partial charge in [-0.2, -0.15) is 4.31 Å². The van der Waals surface area contributed by atoms with E-state index in [-0.39, 0.29) is 10.8 Å². The van der Waals surface area contributed by atoms with Gasteiger partial charge in [0.25, 0.3) is 5.91 Å². The fourth-order valence-corrected chi connectivity index (χ4v) is 6.39. The summed E-state index contributed by atoms with van der Waals surface area (Å²) in [6.07, 6.45) is 1.72. The largest absolute Gasteiger partial charge is 0.298 e. The maximum Gasteiger partial charge on any atom is 0.257 e. The molecule has 3 aromatic rings. The second kappa shape index (κ2) is 8.43. The van der Waals surface area contributed by atoms with Crippen molar-refractivity contribution in [2.24, 2.45) is 5.92 Å². The lowest BCUT2D eigenvalue weighted by Gasteiger charge is -2.29. The van der Waals surface area contributed by atoms with Gasteiger partial charge in [-0.15, -0.1) is 0 Å². The molecule has 4 rings (SSSR count). The average Bonchev–Trinajstić information content (AvgIpc) is 3.11. The molecule has 1 saturated heterocycles. The first-order valence-corrected chi connectivity index (χ1v) is 12.4. The normalized spacial score (nSPS) is 16.1. The molecule has 0 spiro atoms. The van der Waals surface area contributed by atoms with E-state index in [9.17, 15) is 13.2 Å². The molecule has 10 heteroatoms. The summed E-state index contributed by atoms with van der Waals surface area (Å²) in [7, 11) is -3.55. The molecule has 0 saturated carbocycles. The van der Waals surface area contributed by atoms with Crippen molar-refractivity contribution in [1.82, 2.24) is 9.29 Å². The zero-order chi connectivity index (χ0) is 21.5. The summed E-state index contributed by atoms with van der Waals surface area (Å²) in [5.41, 5.74) is 0.906. The Balaban J connectivity index is 1.50. The van der Waals surface area contributed by atoms with E-state index >= 15 is 0 Å². The number of anilines is 1. The molecule has 1 aliphatic heterocycles. The fourth-order valence-electron chi connectivity index (χ4n) is 3.33. The van der Waals surface area contributed by atoms with Crippen LogP contribution in [-0.4, -0.2) is 36.7 Å². The summed E-state index contributed by atoms with van der Waals surface area (Å²) in [5.74, 6) is 0.156. The molecule has 1 fully saturated rings. The third-order valence-electron chi connectivity index (χ3n) is 5.13. The van der Waals surface area contributed by atoms with Crippen molar-refractivity contribution in [2.75, 3.05) is 18.4 Å². The lowest BCUT2D eigenvalue weighted by molar-refractivity contribution is 0.102. The quantitative estimate of drug-likeness (QED) is 0.547. The van der Waals surface area contributed by atoms with Crippen molar-refractivity contribution < 1.29 is 13.2 Å². The van der Waals surface area contributed by atoms with Crippen LogP contribution >= 0.6 is 34.5 Å². The Labute approximate surface area is 188 Å². The Bertz CT molecular complexity index is 1200. The first-order valence-electron chi connectivity index (χ1n) is 9.41. The molecule has 1 amide bonds. The molecular formula is C20H19Cl2N3O3S2. The monoisotopic (exact) mass is 483 g/mol. The molecule has 6 nitrogen and oxygen atoms in total. The highest BCUT2D eigenvalue weighted by molar-refractivity contribution is 7.89. The van der Waals surface area contributed by atoms with Crippen molar-refractivity contribution >= 4 is 65.8 Å². The van der Waals surface area contributed by atoms with E-state index in [0.717, 1.165) is 17.5 Å². The molecule has 0 unspecified atom stereocenters. The van der Waals surface area contributed by atoms with Crippen LogP contribution < -0.4 is 5.32 Å². The predicted molar refractivity (Wildman–Crippen MR) is 121 cm³/mol. The van der Waals surface area contributed by atoms with Gasteiger partial charge in [-0.1, -0.05) is 41.5 Å². The van der Waals surface area contributed by atoms with Gasteiger partial charge in [0.15, 0.2) is 5.13 Å². The van der Waals surface area contributed by atoms with Crippen LogP contribution in [0.3, 0.4) is 0 Å². The molecular weight excluding hydrogens is 465 g/mol. The lowest BCUT2D eigenvalue weighted by Crippen LogP contribution is -2.37. The first kappa shape index (κ1) is 21.5. The number of fused-ring (bicyclic) bond motifs is 1. The smallest absolute Gasteiger partial charge is 0.257 e. The van der Waals surface area contributed by atoms with E-state index in [1.807, 2.05) is 0 Å². The molecule has 1 aromatic heterocycles. The van der Waals surface area contributed by atoms with Gasteiger partial charge in [-0.3, -0.25) is 10.1 Å². The second-order valence-corrected chi connectivity index (χ2v) is 11.1. The predicted octanol–water partition coefficient (Wildman–Crippen LogP) is 5.28. The number of halogens is 2. The minimum Gasteiger partial charge on any atom is -0.298 e. The van der Waals surface area contributed by atoms with Gasteiger partial charge in [-0.25, -0.2) is 13.4 Å². The topological polar surface area (TPSA) is 79.4 Å². The molecule has 1 N–H and O–H groups in total. The van der Waals surface area contributed by atoms with Crippen molar-refractivity contribution in [3.63, 3.8) is 0 Å². The molecule has 1 aliphatic rings. The number of carbonyl (C=O) groups is 1. The second-order valence-electron chi connectivity index (χ2n) is 7.32. The summed E-state index contributed by atoms with van der Waals surface area (Å²) in [5, 5.41) is 4.02. The molecule has 0 radical (unpaired) electrons. The van der Waals surface area contributed by atoms with Gasteiger partial charge < -0.3 is 0 Å². The van der Waals surface area contributed by atoms with Crippen LogP contribution in [0, 0.1) is 5.92 Å². The number of hydrogen-bond acceptors (Lipinski definition) is 5. The molecule has 30 heavy (non-hydrogen) atoms. The Hall–Kier alpha value is -1.71. The minimum absolute atomic E-state index is 0.190. The van der Waals surface area contributed by atoms with Crippen LogP contribution in [0.2, 0.25) is 10.0 Å². The highest BCUT2D eigenvalue weighted by Gasteiger charge is 2.28. The molecule has 0 atom stereocenters. The van der Waals surface area contributed by atoms with E-state index in [4.69, 9.17) is 23.2 Å². The molecule has 2 aromatic carbocycles. The van der Waals surface area contributed by atoms with Gasteiger partial charge in [0, 0.05) is 23.7 Å². The number of thiazole rings is 1. The summed E-state index contributed by atoms with van der Waals surface area (Å²) >= 11 is 13.4. The zero-order valence-corrected chi connectivity index (χ0v) is 19.2. The molecule has 0 aliphatic carbocycles. The molecule has 0 bridgehead atoms. The summed E-state index contributed by atoms with van der Waals surface area (Å²) in [6.45, 7) is 3.18. The van der Waals surface area contributed by atoms with Gasteiger partial charge in [-0.05, 0) is 55.2 Å². The number of rotatable bonds is 4. The van der Waals surface area contributed by atoms with Gasteiger partial charge in [0.05, 0.1) is 14.6 Å². The minimum atomic E-state index is -3.55. The number of nitrogens with zero attached hydrogens (tertiary/aromatic N) is 2. The Morgan fingerprint density at radius 1 is 1.17 bits per heavy atom. The third kappa shape index (κ3) is 4.33. The number of sulfonamides is 1. The number of aromatic nitrogens is 1. The van der Waals surface area contributed by atoms with Crippen molar-refractivity contribution in [1.29, 1.82) is 0 Å². The van der Waals surface area contributed by atoms with Crippen LogP contribution in [0.25, 0.3) is 10.2 Å². The number of nitrogens with one attached hydrogen (secondary N) is 1. The average molecular weight is 484 g/mol. The Kier molecular flexibility index (Phi) is 6.05. The molecule has 158 valence electrons. The first-order chi connectivity index (χ1) is 14.2. The number of amides is 1. The standard InChI is InChI=1S/C20H19Cl2N3O3S2/c1-12-6-8-25(9-7-12)30(27,28)15-4-2-13(3-5-15)19(26)24-20-23-18-16(22)10-14(21)11-17(18)29-20/h2-5,10-12H,6-9H2,1H3,(H,23,24,26).